The molecule has 0 aromatic heterocycles. The van der Waals surface area contributed by atoms with Gasteiger partial charge in [0.25, 0.3) is 0 Å². The molecular weight excluding hydrogens is 221 g/mol. The largest absolute Gasteiger partial charge is 0.274 e. The second-order valence-electron chi connectivity index (χ2n) is 3.22. The summed E-state index contributed by atoms with van der Waals surface area (Å²) in [5, 5.41) is -0.0972. The van der Waals surface area contributed by atoms with Crippen LogP contribution in [0.15, 0.2) is 18.2 Å². The van der Waals surface area contributed by atoms with Gasteiger partial charge in [-0.05, 0) is 18.2 Å². The van der Waals surface area contributed by atoms with Crippen molar-refractivity contribution in [3.8, 4) is 0 Å². The van der Waals surface area contributed by atoms with Gasteiger partial charge in [-0.25, -0.2) is 4.39 Å². The molecule has 1 heterocycles. The lowest BCUT2D eigenvalue weighted by Gasteiger charge is -2.13. The highest BCUT2D eigenvalue weighted by Gasteiger charge is 2.30. The molecule has 0 saturated carbocycles. The van der Waals surface area contributed by atoms with Crippen molar-refractivity contribution in [2.45, 2.75) is 12.8 Å². The monoisotopic (exact) mass is 227 g/mol. The van der Waals surface area contributed by atoms with E-state index in [2.05, 4.69) is 0 Å². The molecule has 2 rings (SSSR count). The molecule has 0 bridgehead atoms. The van der Waals surface area contributed by atoms with Gasteiger partial charge in [-0.3, -0.25) is 14.5 Å². The van der Waals surface area contributed by atoms with Crippen LogP contribution >= 0.6 is 11.6 Å². The zero-order chi connectivity index (χ0) is 11.0. The van der Waals surface area contributed by atoms with Gasteiger partial charge in [0, 0.05) is 12.8 Å². The van der Waals surface area contributed by atoms with Crippen LogP contribution in [-0.4, -0.2) is 11.8 Å². The maximum atomic E-state index is 12.9. The fourth-order valence-corrected chi connectivity index (χ4v) is 1.66. The molecule has 2 amide bonds. The number of hydrogen-bond acceptors (Lipinski definition) is 2. The molecule has 5 heteroatoms. The van der Waals surface area contributed by atoms with Crippen molar-refractivity contribution in [2.24, 2.45) is 0 Å². The van der Waals surface area contributed by atoms with Crippen LogP contribution in [0.3, 0.4) is 0 Å². The van der Waals surface area contributed by atoms with Gasteiger partial charge in [0.15, 0.2) is 0 Å². The number of imide groups is 1. The predicted molar refractivity (Wildman–Crippen MR) is 53.1 cm³/mol. The Hall–Kier alpha value is -1.42. The third kappa shape index (κ3) is 1.72. The number of anilines is 1. The van der Waals surface area contributed by atoms with E-state index >= 15 is 0 Å². The minimum absolute atomic E-state index is 0.0972. The Balaban J connectivity index is 2.41. The Morgan fingerprint density at radius 3 is 2.33 bits per heavy atom. The van der Waals surface area contributed by atoms with E-state index in [-0.39, 0.29) is 29.7 Å². The average Bonchev–Trinajstić information content (AvgIpc) is 2.52. The van der Waals surface area contributed by atoms with Crippen LogP contribution in [0.5, 0.6) is 0 Å². The first-order valence-electron chi connectivity index (χ1n) is 4.40. The van der Waals surface area contributed by atoms with E-state index < -0.39 is 5.82 Å². The van der Waals surface area contributed by atoms with Crippen molar-refractivity contribution < 1.29 is 14.0 Å². The summed E-state index contributed by atoms with van der Waals surface area (Å²) in [7, 11) is 0. The molecule has 0 spiro atoms. The lowest BCUT2D eigenvalue weighted by molar-refractivity contribution is -0.121. The molecule has 1 fully saturated rings. The molecule has 78 valence electrons. The first kappa shape index (κ1) is 10.1. The summed E-state index contributed by atoms with van der Waals surface area (Å²) in [5.41, 5.74) is 0.328. The van der Waals surface area contributed by atoms with Crippen LogP contribution in [-0.2, 0) is 9.59 Å². The molecule has 0 atom stereocenters. The van der Waals surface area contributed by atoms with E-state index in [1.807, 2.05) is 0 Å². The normalized spacial score (nSPS) is 16.3. The number of amides is 2. The van der Waals surface area contributed by atoms with Crippen molar-refractivity contribution in [3.63, 3.8) is 0 Å². The molecule has 1 saturated heterocycles. The lowest BCUT2D eigenvalue weighted by Crippen LogP contribution is -2.28. The zero-order valence-corrected chi connectivity index (χ0v) is 8.42. The number of hydrogen-bond donors (Lipinski definition) is 0. The summed E-state index contributed by atoms with van der Waals surface area (Å²) in [6.07, 6.45) is 0.404. The molecule has 0 aliphatic carbocycles. The van der Waals surface area contributed by atoms with E-state index in [0.717, 1.165) is 11.0 Å². The van der Waals surface area contributed by atoms with Crippen LogP contribution in [0.2, 0.25) is 5.02 Å². The first-order chi connectivity index (χ1) is 7.09. The Kier molecular flexibility index (Phi) is 2.44. The summed E-state index contributed by atoms with van der Waals surface area (Å²) in [6, 6.07) is 3.77. The molecule has 0 radical (unpaired) electrons. The maximum Gasteiger partial charge on any atom is 0.234 e. The number of nitrogens with zero attached hydrogens (tertiary/aromatic N) is 1. The quantitative estimate of drug-likeness (QED) is 0.690. The predicted octanol–water partition coefficient (Wildman–Crippen LogP) is 2.13. The second-order valence-corrected chi connectivity index (χ2v) is 3.63. The van der Waals surface area contributed by atoms with Crippen LogP contribution in [0.25, 0.3) is 0 Å². The standard InChI is InChI=1S/C10H7ClFNO2/c11-7-5-6(1-2-8(7)12)13-9(14)3-4-10(13)15/h1-2,5H,3-4H2. The number of carbonyl (C=O) groups excluding carboxylic acids is 2. The molecular formula is C10H7ClFNO2. The zero-order valence-electron chi connectivity index (χ0n) is 7.67. The molecule has 1 aromatic carbocycles. The van der Waals surface area contributed by atoms with E-state index in [1.165, 1.54) is 12.1 Å². The molecule has 1 aromatic rings. The highest BCUT2D eigenvalue weighted by molar-refractivity contribution is 6.31. The van der Waals surface area contributed by atoms with Crippen LogP contribution in [0, 0.1) is 5.82 Å². The van der Waals surface area contributed by atoms with Crippen LogP contribution in [0.4, 0.5) is 10.1 Å². The third-order valence-electron chi connectivity index (χ3n) is 2.21. The van der Waals surface area contributed by atoms with Gasteiger partial charge >= 0.3 is 0 Å². The SMILES string of the molecule is O=C1CCC(=O)N1c1ccc(F)c(Cl)c1. The van der Waals surface area contributed by atoms with Crippen LogP contribution < -0.4 is 4.90 Å². The summed E-state index contributed by atoms with van der Waals surface area (Å²) in [4.78, 5) is 23.7. The average molecular weight is 228 g/mol. The van der Waals surface area contributed by atoms with Gasteiger partial charge < -0.3 is 0 Å². The Morgan fingerprint density at radius 2 is 1.80 bits per heavy atom. The number of carbonyl (C=O) groups is 2. The van der Waals surface area contributed by atoms with Gasteiger partial charge in [0.1, 0.15) is 5.82 Å². The number of rotatable bonds is 1. The summed E-state index contributed by atoms with van der Waals surface area (Å²) < 4.78 is 12.9. The fraction of sp³-hybridized carbons (Fsp3) is 0.200. The van der Waals surface area contributed by atoms with Crippen molar-refractivity contribution in [2.75, 3.05) is 4.90 Å². The molecule has 1 aliphatic rings. The Morgan fingerprint density at radius 1 is 1.20 bits per heavy atom. The Labute approximate surface area is 90.4 Å². The Bertz CT molecular complexity index is 431. The van der Waals surface area contributed by atoms with Gasteiger partial charge in [0.2, 0.25) is 11.8 Å². The smallest absolute Gasteiger partial charge is 0.234 e. The highest BCUT2D eigenvalue weighted by Crippen LogP contribution is 2.26. The maximum absolute atomic E-state index is 12.9. The van der Waals surface area contributed by atoms with Gasteiger partial charge in [-0.15, -0.1) is 0 Å². The topological polar surface area (TPSA) is 37.4 Å². The number of halogens is 2. The minimum atomic E-state index is -0.570. The molecule has 0 unspecified atom stereocenters. The summed E-state index contributed by atoms with van der Waals surface area (Å²) in [5.74, 6) is -1.12. The fourth-order valence-electron chi connectivity index (χ4n) is 1.49. The van der Waals surface area contributed by atoms with E-state index in [1.54, 1.807) is 0 Å². The van der Waals surface area contributed by atoms with E-state index in [4.69, 9.17) is 11.6 Å². The third-order valence-corrected chi connectivity index (χ3v) is 2.50. The molecule has 1 aliphatic heterocycles. The van der Waals surface area contributed by atoms with Gasteiger partial charge in [-0.1, -0.05) is 11.6 Å². The first-order valence-corrected chi connectivity index (χ1v) is 4.78. The molecule has 0 N–H and O–H groups in total. The van der Waals surface area contributed by atoms with E-state index in [9.17, 15) is 14.0 Å². The minimum Gasteiger partial charge on any atom is -0.274 e. The molecule has 3 nitrogen and oxygen atoms in total. The highest BCUT2D eigenvalue weighted by atomic mass is 35.5. The summed E-state index contributed by atoms with van der Waals surface area (Å²) in [6.45, 7) is 0. The van der Waals surface area contributed by atoms with Crippen molar-refractivity contribution in [3.05, 3.63) is 29.0 Å². The lowest BCUT2D eigenvalue weighted by atomic mass is 10.3. The van der Waals surface area contributed by atoms with Crippen molar-refractivity contribution in [1.82, 2.24) is 0 Å². The van der Waals surface area contributed by atoms with Crippen LogP contribution in [0.1, 0.15) is 12.8 Å². The molecule has 15 heavy (non-hydrogen) atoms. The second kappa shape index (κ2) is 3.62. The van der Waals surface area contributed by atoms with E-state index in [0.29, 0.717) is 5.69 Å². The summed E-state index contributed by atoms with van der Waals surface area (Å²) >= 11 is 5.56. The van der Waals surface area contributed by atoms with Crippen molar-refractivity contribution >= 4 is 29.1 Å². The number of benzene rings is 1. The van der Waals surface area contributed by atoms with Crippen molar-refractivity contribution in [1.29, 1.82) is 0 Å². The van der Waals surface area contributed by atoms with Gasteiger partial charge in [0.05, 0.1) is 10.7 Å². The van der Waals surface area contributed by atoms with Gasteiger partial charge in [-0.2, -0.15) is 0 Å².